The molecular weight excluding hydrogens is 266 g/mol. The average Bonchev–Trinajstić information content (AvgIpc) is 2.85. The van der Waals surface area contributed by atoms with Crippen molar-refractivity contribution >= 4 is 28.3 Å². The molecule has 0 radical (unpaired) electrons. The summed E-state index contributed by atoms with van der Waals surface area (Å²) in [6, 6.07) is 0. The number of aromatic nitrogens is 1. The quantitative estimate of drug-likeness (QED) is 0.909. The number of anilines is 1. The summed E-state index contributed by atoms with van der Waals surface area (Å²) < 4.78 is 5.53. The highest BCUT2D eigenvalue weighted by Crippen LogP contribution is 2.18. The minimum atomic E-state index is -0.189. The summed E-state index contributed by atoms with van der Waals surface area (Å²) in [6.07, 6.45) is 0.990. The summed E-state index contributed by atoms with van der Waals surface area (Å²) in [5, 5.41) is 4.70. The van der Waals surface area contributed by atoms with Gasteiger partial charge in [-0.25, -0.2) is 4.98 Å². The highest BCUT2D eigenvalue weighted by molar-refractivity contribution is 7.14. The summed E-state index contributed by atoms with van der Waals surface area (Å²) in [7, 11) is 0. The maximum Gasteiger partial charge on any atom is 0.273 e. The van der Waals surface area contributed by atoms with Crippen LogP contribution in [0.4, 0.5) is 5.13 Å². The maximum absolute atomic E-state index is 12.3. The second-order valence-corrected chi connectivity index (χ2v) is 5.23. The van der Waals surface area contributed by atoms with Gasteiger partial charge in [0.05, 0.1) is 12.7 Å². The van der Waals surface area contributed by atoms with E-state index in [1.807, 2.05) is 6.92 Å². The van der Waals surface area contributed by atoms with Gasteiger partial charge in [0.15, 0.2) is 5.13 Å². The van der Waals surface area contributed by atoms with Gasteiger partial charge >= 0.3 is 0 Å². The summed E-state index contributed by atoms with van der Waals surface area (Å²) in [4.78, 5) is 29.1. The Morgan fingerprint density at radius 3 is 3.11 bits per heavy atom. The Balaban J connectivity index is 2.02. The molecule has 2 rings (SSSR count). The first-order chi connectivity index (χ1) is 9.10. The first-order valence-electron chi connectivity index (χ1n) is 6.24. The Kier molecular flexibility index (Phi) is 4.49. The third-order valence-corrected chi connectivity index (χ3v) is 3.65. The van der Waals surface area contributed by atoms with Crippen LogP contribution >= 0.6 is 11.3 Å². The van der Waals surface area contributed by atoms with Gasteiger partial charge in [-0.15, -0.1) is 11.3 Å². The van der Waals surface area contributed by atoms with Crippen LogP contribution < -0.4 is 5.32 Å². The number of thiazole rings is 1. The van der Waals surface area contributed by atoms with Gasteiger partial charge in [0.1, 0.15) is 5.69 Å². The number of hydrogen-bond donors (Lipinski definition) is 1. The van der Waals surface area contributed by atoms with Gasteiger partial charge in [-0.1, -0.05) is 6.92 Å². The molecule has 2 heterocycles. The van der Waals surface area contributed by atoms with Crippen molar-refractivity contribution in [2.24, 2.45) is 0 Å². The molecule has 1 aromatic heterocycles. The highest BCUT2D eigenvalue weighted by atomic mass is 32.1. The number of morpholine rings is 1. The Bertz CT molecular complexity index is 475. The molecule has 0 bridgehead atoms. The summed E-state index contributed by atoms with van der Waals surface area (Å²) >= 11 is 1.25. The van der Waals surface area contributed by atoms with E-state index in [1.165, 1.54) is 18.3 Å². The molecule has 0 unspecified atom stereocenters. The van der Waals surface area contributed by atoms with Crippen LogP contribution in [0.15, 0.2) is 5.38 Å². The molecule has 1 aromatic rings. The van der Waals surface area contributed by atoms with Crippen LogP contribution in [0.25, 0.3) is 0 Å². The molecule has 0 saturated carbocycles. The van der Waals surface area contributed by atoms with E-state index in [4.69, 9.17) is 4.74 Å². The average molecular weight is 283 g/mol. The predicted octanol–water partition coefficient (Wildman–Crippen LogP) is 1.35. The van der Waals surface area contributed by atoms with Crippen LogP contribution in [-0.4, -0.2) is 47.5 Å². The fraction of sp³-hybridized carbons (Fsp3) is 0.583. The highest BCUT2D eigenvalue weighted by Gasteiger charge is 2.25. The van der Waals surface area contributed by atoms with Crippen LogP contribution in [0, 0.1) is 0 Å². The monoisotopic (exact) mass is 283 g/mol. The standard InChI is InChI=1S/C12H17N3O3S/c1-3-9-6-15(4-5-18-9)11(17)10-7-19-12(14-10)13-8(2)16/h7,9H,3-6H2,1-2H3,(H,13,14,16)/t9-/m1/s1. The molecule has 1 fully saturated rings. The van der Waals surface area contributed by atoms with Crippen LogP contribution in [0.5, 0.6) is 0 Å². The molecule has 104 valence electrons. The molecule has 7 heteroatoms. The minimum Gasteiger partial charge on any atom is -0.375 e. The molecule has 0 spiro atoms. The van der Waals surface area contributed by atoms with E-state index in [9.17, 15) is 9.59 Å². The molecule has 1 N–H and O–H groups in total. The molecule has 0 aromatic carbocycles. The molecule has 2 amide bonds. The van der Waals surface area contributed by atoms with Crippen molar-refractivity contribution in [2.45, 2.75) is 26.4 Å². The second kappa shape index (κ2) is 6.12. The van der Waals surface area contributed by atoms with Crippen LogP contribution in [-0.2, 0) is 9.53 Å². The van der Waals surface area contributed by atoms with Gasteiger partial charge in [0, 0.05) is 25.4 Å². The zero-order valence-corrected chi connectivity index (χ0v) is 11.8. The SMILES string of the molecule is CC[C@@H]1CN(C(=O)c2csc(NC(C)=O)n2)CCO1. The number of ether oxygens (including phenoxy) is 1. The lowest BCUT2D eigenvalue weighted by Gasteiger charge is -2.32. The van der Waals surface area contributed by atoms with Gasteiger partial charge in [-0.05, 0) is 6.42 Å². The number of carbonyl (C=O) groups excluding carboxylic acids is 2. The minimum absolute atomic E-state index is 0.102. The van der Waals surface area contributed by atoms with Crippen LogP contribution in [0.2, 0.25) is 0 Å². The van der Waals surface area contributed by atoms with E-state index in [-0.39, 0.29) is 17.9 Å². The van der Waals surface area contributed by atoms with Crippen molar-refractivity contribution in [3.05, 3.63) is 11.1 Å². The first-order valence-corrected chi connectivity index (χ1v) is 7.12. The van der Waals surface area contributed by atoms with E-state index in [0.717, 1.165) is 6.42 Å². The van der Waals surface area contributed by atoms with Gasteiger partial charge in [0.25, 0.3) is 5.91 Å². The number of carbonyl (C=O) groups is 2. The first kappa shape index (κ1) is 14.0. The third-order valence-electron chi connectivity index (χ3n) is 2.89. The van der Waals surface area contributed by atoms with Gasteiger partial charge < -0.3 is 15.0 Å². The van der Waals surface area contributed by atoms with E-state index in [2.05, 4.69) is 10.3 Å². The normalized spacial score (nSPS) is 19.3. The molecule has 1 atom stereocenters. The summed E-state index contributed by atoms with van der Waals surface area (Å²) in [5.41, 5.74) is 0.380. The summed E-state index contributed by atoms with van der Waals surface area (Å²) in [6.45, 7) is 5.20. The zero-order valence-electron chi connectivity index (χ0n) is 11.0. The van der Waals surface area contributed by atoms with E-state index in [1.54, 1.807) is 10.3 Å². The van der Waals surface area contributed by atoms with Gasteiger partial charge in [-0.3, -0.25) is 9.59 Å². The number of rotatable bonds is 3. The number of amides is 2. The Morgan fingerprint density at radius 1 is 1.63 bits per heavy atom. The molecule has 6 nitrogen and oxygen atoms in total. The number of nitrogens with one attached hydrogen (secondary N) is 1. The zero-order chi connectivity index (χ0) is 13.8. The topological polar surface area (TPSA) is 71.5 Å². The van der Waals surface area contributed by atoms with Crippen molar-refractivity contribution in [3.63, 3.8) is 0 Å². The van der Waals surface area contributed by atoms with E-state index < -0.39 is 0 Å². The third kappa shape index (κ3) is 3.51. The summed E-state index contributed by atoms with van der Waals surface area (Å²) in [5.74, 6) is -0.291. The Morgan fingerprint density at radius 2 is 2.42 bits per heavy atom. The molecule has 0 aliphatic carbocycles. The fourth-order valence-corrected chi connectivity index (χ4v) is 2.62. The van der Waals surface area contributed by atoms with E-state index >= 15 is 0 Å². The largest absolute Gasteiger partial charge is 0.375 e. The van der Waals surface area contributed by atoms with Crippen molar-refractivity contribution in [3.8, 4) is 0 Å². The molecule has 1 aliphatic rings. The van der Waals surface area contributed by atoms with Crippen LogP contribution in [0.1, 0.15) is 30.8 Å². The molecule has 19 heavy (non-hydrogen) atoms. The number of hydrogen-bond acceptors (Lipinski definition) is 5. The molecule has 1 aliphatic heterocycles. The fourth-order valence-electron chi connectivity index (χ4n) is 1.89. The smallest absolute Gasteiger partial charge is 0.273 e. The lowest BCUT2D eigenvalue weighted by Crippen LogP contribution is -2.45. The number of nitrogens with zero attached hydrogens (tertiary/aromatic N) is 2. The van der Waals surface area contributed by atoms with Gasteiger partial charge in [0.2, 0.25) is 5.91 Å². The van der Waals surface area contributed by atoms with Crippen molar-refractivity contribution < 1.29 is 14.3 Å². The molecular formula is C12H17N3O3S. The van der Waals surface area contributed by atoms with Crippen molar-refractivity contribution in [1.29, 1.82) is 0 Å². The van der Waals surface area contributed by atoms with E-state index in [0.29, 0.717) is 30.5 Å². The predicted molar refractivity (Wildman–Crippen MR) is 72.4 cm³/mol. The lowest BCUT2D eigenvalue weighted by molar-refractivity contribution is -0.114. The second-order valence-electron chi connectivity index (χ2n) is 4.37. The lowest BCUT2D eigenvalue weighted by atomic mass is 10.2. The Hall–Kier alpha value is -1.47. The maximum atomic E-state index is 12.3. The van der Waals surface area contributed by atoms with Crippen molar-refractivity contribution in [1.82, 2.24) is 9.88 Å². The van der Waals surface area contributed by atoms with Crippen LogP contribution in [0.3, 0.4) is 0 Å². The van der Waals surface area contributed by atoms with Crippen molar-refractivity contribution in [2.75, 3.05) is 25.0 Å². The van der Waals surface area contributed by atoms with Gasteiger partial charge in [-0.2, -0.15) is 0 Å². The Labute approximate surface area is 115 Å². The molecule has 1 saturated heterocycles.